The number of aromatic nitrogens is 2. The molecule has 0 aliphatic carbocycles. The van der Waals surface area contributed by atoms with Crippen molar-refractivity contribution in [3.05, 3.63) is 46.2 Å². The first-order valence-corrected chi connectivity index (χ1v) is 7.65. The van der Waals surface area contributed by atoms with Gasteiger partial charge in [-0.15, -0.1) is 0 Å². The molecule has 4 nitrogen and oxygen atoms in total. The summed E-state index contributed by atoms with van der Waals surface area (Å²) in [5, 5.41) is 8.10. The van der Waals surface area contributed by atoms with Gasteiger partial charge in [-0.1, -0.05) is 18.2 Å². The van der Waals surface area contributed by atoms with Crippen molar-refractivity contribution >= 4 is 21.6 Å². The molecule has 5 heteroatoms. The highest BCUT2D eigenvalue weighted by Gasteiger charge is 2.26. The van der Waals surface area contributed by atoms with Gasteiger partial charge in [0.1, 0.15) is 0 Å². The second kappa shape index (κ2) is 5.58. The Morgan fingerprint density at radius 1 is 1.40 bits per heavy atom. The number of nitrogens with one attached hydrogen (secondary N) is 1. The molecule has 0 saturated heterocycles. The fraction of sp³-hybridized carbons (Fsp3) is 0.400. The van der Waals surface area contributed by atoms with E-state index in [9.17, 15) is 0 Å². The Kier molecular flexibility index (Phi) is 3.81. The van der Waals surface area contributed by atoms with Crippen LogP contribution in [0.4, 0.5) is 5.69 Å². The summed E-state index contributed by atoms with van der Waals surface area (Å²) >= 11 is 3.64. The number of halogens is 1. The van der Waals surface area contributed by atoms with Crippen LogP contribution in [0.1, 0.15) is 17.3 Å². The lowest BCUT2D eigenvalue weighted by atomic mass is 10.1. The minimum Gasteiger partial charge on any atom is -0.376 e. The average Bonchev–Trinajstić information content (AvgIpc) is 2.99. The van der Waals surface area contributed by atoms with Crippen molar-refractivity contribution in [2.45, 2.75) is 19.0 Å². The normalized spacial score (nSPS) is 17.3. The lowest BCUT2D eigenvalue weighted by molar-refractivity contribution is 0.367. The van der Waals surface area contributed by atoms with E-state index in [1.165, 1.54) is 16.9 Å². The quantitative estimate of drug-likeness (QED) is 0.933. The number of para-hydroxylation sites is 1. The van der Waals surface area contributed by atoms with Gasteiger partial charge in [0, 0.05) is 18.7 Å². The highest BCUT2D eigenvalue weighted by Crippen LogP contribution is 2.36. The van der Waals surface area contributed by atoms with E-state index in [2.05, 4.69) is 74.3 Å². The number of hydrogen-bond donors (Lipinski definition) is 1. The summed E-state index contributed by atoms with van der Waals surface area (Å²) in [4.78, 5) is 2.18. The molecule has 1 aromatic heterocycles. The molecule has 1 N–H and O–H groups in total. The van der Waals surface area contributed by atoms with Gasteiger partial charge in [0.25, 0.3) is 0 Å². The van der Waals surface area contributed by atoms with Crippen molar-refractivity contribution in [2.75, 3.05) is 26.0 Å². The van der Waals surface area contributed by atoms with Crippen LogP contribution in [0.3, 0.4) is 0 Å². The van der Waals surface area contributed by atoms with Crippen LogP contribution >= 0.6 is 15.9 Å². The minimum absolute atomic E-state index is 0.298. The lowest BCUT2D eigenvalue weighted by Crippen LogP contribution is -2.22. The number of fused-ring (bicyclic) bond motifs is 1. The molecule has 2 heterocycles. The van der Waals surface area contributed by atoms with Crippen LogP contribution in [-0.4, -0.2) is 35.3 Å². The summed E-state index contributed by atoms with van der Waals surface area (Å²) in [7, 11) is 4.17. The van der Waals surface area contributed by atoms with E-state index in [1.54, 1.807) is 0 Å². The molecule has 1 aliphatic heterocycles. The number of benzene rings is 1. The van der Waals surface area contributed by atoms with Crippen molar-refractivity contribution in [3.63, 3.8) is 0 Å². The Balaban J connectivity index is 1.83. The summed E-state index contributed by atoms with van der Waals surface area (Å²) < 4.78 is 3.19. The van der Waals surface area contributed by atoms with Crippen molar-refractivity contribution < 1.29 is 0 Å². The molecule has 20 heavy (non-hydrogen) atoms. The van der Waals surface area contributed by atoms with Gasteiger partial charge in [0.05, 0.1) is 29.0 Å². The highest BCUT2D eigenvalue weighted by atomic mass is 79.9. The summed E-state index contributed by atoms with van der Waals surface area (Å²) in [6, 6.07) is 8.81. The average molecular weight is 335 g/mol. The molecule has 1 aliphatic rings. The van der Waals surface area contributed by atoms with Crippen LogP contribution in [-0.2, 0) is 13.0 Å². The van der Waals surface area contributed by atoms with E-state index in [4.69, 9.17) is 0 Å². The fourth-order valence-corrected chi connectivity index (χ4v) is 3.23. The third kappa shape index (κ3) is 2.60. The van der Waals surface area contributed by atoms with E-state index in [0.29, 0.717) is 6.04 Å². The Morgan fingerprint density at radius 3 is 2.95 bits per heavy atom. The van der Waals surface area contributed by atoms with E-state index >= 15 is 0 Å². The maximum Gasteiger partial charge on any atom is 0.0752 e. The smallest absolute Gasteiger partial charge is 0.0752 e. The first-order valence-electron chi connectivity index (χ1n) is 6.85. The van der Waals surface area contributed by atoms with Gasteiger partial charge in [-0.3, -0.25) is 4.68 Å². The largest absolute Gasteiger partial charge is 0.376 e. The zero-order chi connectivity index (χ0) is 14.1. The number of anilines is 1. The molecule has 0 amide bonds. The number of likely N-dealkylation sites (N-methyl/N-ethyl adjacent to an activating group) is 1. The second-order valence-electron chi connectivity index (χ2n) is 5.46. The maximum absolute atomic E-state index is 4.50. The number of hydrogen-bond acceptors (Lipinski definition) is 3. The van der Waals surface area contributed by atoms with Crippen LogP contribution in [0.25, 0.3) is 0 Å². The molecule has 0 radical (unpaired) electrons. The molecule has 0 saturated carbocycles. The van der Waals surface area contributed by atoms with Gasteiger partial charge >= 0.3 is 0 Å². The topological polar surface area (TPSA) is 33.1 Å². The predicted octanol–water partition coefficient (Wildman–Crippen LogP) is 2.92. The zero-order valence-corrected chi connectivity index (χ0v) is 13.4. The van der Waals surface area contributed by atoms with Crippen LogP contribution in [0.5, 0.6) is 0 Å². The van der Waals surface area contributed by atoms with Gasteiger partial charge < -0.3 is 10.2 Å². The molecule has 1 aromatic carbocycles. The predicted molar refractivity (Wildman–Crippen MR) is 85.0 cm³/mol. The van der Waals surface area contributed by atoms with Crippen molar-refractivity contribution in [3.8, 4) is 0 Å². The second-order valence-corrected chi connectivity index (χ2v) is 6.32. The molecular formula is C15H19BrN4. The van der Waals surface area contributed by atoms with Gasteiger partial charge in [-0.2, -0.15) is 5.10 Å². The highest BCUT2D eigenvalue weighted by molar-refractivity contribution is 9.10. The van der Waals surface area contributed by atoms with E-state index in [1.807, 2.05) is 6.20 Å². The van der Waals surface area contributed by atoms with Crippen LogP contribution in [0.2, 0.25) is 0 Å². The molecule has 0 spiro atoms. The fourth-order valence-electron chi connectivity index (χ4n) is 2.65. The minimum atomic E-state index is 0.298. The maximum atomic E-state index is 4.50. The third-order valence-corrected chi connectivity index (χ3v) is 4.30. The zero-order valence-electron chi connectivity index (χ0n) is 11.8. The summed E-state index contributed by atoms with van der Waals surface area (Å²) in [5.74, 6) is 0. The Morgan fingerprint density at radius 2 is 2.20 bits per heavy atom. The van der Waals surface area contributed by atoms with Gasteiger partial charge in [-0.05, 0) is 41.7 Å². The molecule has 1 unspecified atom stereocenters. The molecule has 0 bridgehead atoms. The van der Waals surface area contributed by atoms with E-state index in [0.717, 1.165) is 24.0 Å². The Bertz CT molecular complexity index is 581. The Hall–Kier alpha value is -1.33. The lowest BCUT2D eigenvalue weighted by Gasteiger charge is -2.17. The van der Waals surface area contributed by atoms with E-state index in [-0.39, 0.29) is 0 Å². The molecule has 0 fully saturated rings. The van der Waals surface area contributed by atoms with Gasteiger partial charge in [0.2, 0.25) is 0 Å². The standard InChI is InChI=1S/C15H19BrN4/c1-19(2)7-8-20-15(12(16)10-17-20)14-9-11-5-3-4-6-13(11)18-14/h3-6,10,14,18H,7-9H2,1-2H3. The Labute approximate surface area is 127 Å². The first kappa shape index (κ1) is 13.6. The third-order valence-electron chi connectivity index (χ3n) is 3.69. The molecule has 2 aromatic rings. The van der Waals surface area contributed by atoms with E-state index < -0.39 is 0 Å². The van der Waals surface area contributed by atoms with Crippen molar-refractivity contribution in [1.29, 1.82) is 0 Å². The van der Waals surface area contributed by atoms with Crippen LogP contribution < -0.4 is 5.32 Å². The number of nitrogens with zero attached hydrogens (tertiary/aromatic N) is 3. The van der Waals surface area contributed by atoms with Gasteiger partial charge in [-0.25, -0.2) is 0 Å². The molecule has 106 valence electrons. The SMILES string of the molecule is CN(C)CCn1ncc(Br)c1C1Cc2ccccc2N1. The van der Waals surface area contributed by atoms with Crippen LogP contribution in [0.15, 0.2) is 34.9 Å². The summed E-state index contributed by atoms with van der Waals surface area (Å²) in [6.45, 7) is 1.89. The summed E-state index contributed by atoms with van der Waals surface area (Å²) in [6.07, 6.45) is 2.91. The monoisotopic (exact) mass is 334 g/mol. The van der Waals surface area contributed by atoms with Gasteiger partial charge in [0.15, 0.2) is 0 Å². The summed E-state index contributed by atoms with van der Waals surface area (Å²) in [5.41, 5.74) is 3.86. The van der Waals surface area contributed by atoms with Crippen molar-refractivity contribution in [1.82, 2.24) is 14.7 Å². The molecule has 3 rings (SSSR count). The molecule has 1 atom stereocenters. The number of rotatable bonds is 4. The van der Waals surface area contributed by atoms with Crippen LogP contribution in [0, 0.1) is 0 Å². The van der Waals surface area contributed by atoms with Crippen molar-refractivity contribution in [2.24, 2.45) is 0 Å². The first-order chi connectivity index (χ1) is 9.65. The molecular weight excluding hydrogens is 316 g/mol.